The van der Waals surface area contributed by atoms with Crippen LogP contribution in [0.5, 0.6) is 11.5 Å². The lowest BCUT2D eigenvalue weighted by Gasteiger charge is -2.44. The number of esters is 1. The van der Waals surface area contributed by atoms with Crippen LogP contribution in [0.2, 0.25) is 0 Å². The van der Waals surface area contributed by atoms with Gasteiger partial charge in [-0.1, -0.05) is 72.8 Å². The zero-order chi connectivity index (χ0) is 51.6. The molecule has 0 bridgehead atoms. The molecule has 18 heteroatoms. The number of nitrogens with zero attached hydrogens (tertiary/aromatic N) is 6. The number of nitriles is 1. The molecule has 0 saturated carbocycles. The van der Waals surface area contributed by atoms with Gasteiger partial charge in [0.2, 0.25) is 0 Å². The molecule has 380 valence electrons. The Morgan fingerprint density at radius 2 is 1.40 bits per heavy atom. The fraction of sp³-hybridized carbons (Fsp3) is 0.407. The van der Waals surface area contributed by atoms with Crippen molar-refractivity contribution in [3.05, 3.63) is 144 Å². The van der Waals surface area contributed by atoms with Crippen LogP contribution in [-0.4, -0.2) is 119 Å². The summed E-state index contributed by atoms with van der Waals surface area (Å²) in [6, 6.07) is 35.1. The van der Waals surface area contributed by atoms with Gasteiger partial charge < -0.3 is 43.0 Å². The van der Waals surface area contributed by atoms with Crippen molar-refractivity contribution >= 4 is 36.2 Å². The molecule has 5 unspecified atom stereocenters. The van der Waals surface area contributed by atoms with Crippen LogP contribution in [0.25, 0.3) is 11.2 Å². The van der Waals surface area contributed by atoms with E-state index in [4.69, 9.17) is 38.1 Å². The number of ether oxygens (including phenoxy) is 7. The highest BCUT2D eigenvalue weighted by Crippen LogP contribution is 2.63. The number of carbonyl (C=O) groups is 2. The highest BCUT2D eigenvalue weighted by Gasteiger charge is 2.59. The second-order valence-electron chi connectivity index (χ2n) is 18.6. The molecule has 1 saturated heterocycles. The average Bonchev–Trinajstić information content (AvgIpc) is 3.97. The number of aromatic nitrogens is 4. The monoisotopic (exact) mass is 1000 g/mol. The third kappa shape index (κ3) is 11.4. The van der Waals surface area contributed by atoms with Crippen LogP contribution in [0.1, 0.15) is 81.2 Å². The lowest BCUT2D eigenvalue weighted by Crippen LogP contribution is -2.48. The molecule has 5 atom stereocenters. The predicted molar refractivity (Wildman–Crippen MR) is 272 cm³/mol. The largest absolute Gasteiger partial charge is 0.497 e. The second kappa shape index (κ2) is 23.4. The number of fused-ring (bicyclic) bond motifs is 1. The number of rotatable bonds is 23. The highest BCUT2D eigenvalue weighted by molar-refractivity contribution is 7.63. The maximum absolute atomic E-state index is 17.1. The first-order valence-corrected chi connectivity index (χ1v) is 25.8. The Morgan fingerprint density at radius 1 is 0.819 bits per heavy atom. The number of nitrogens with one attached hydrogen (secondary N) is 1. The number of methoxy groups -OCH3 is 3. The van der Waals surface area contributed by atoms with E-state index in [1.807, 2.05) is 117 Å². The van der Waals surface area contributed by atoms with E-state index in [1.165, 1.54) is 12.7 Å². The van der Waals surface area contributed by atoms with Crippen LogP contribution in [0, 0.1) is 11.3 Å². The molecule has 0 radical (unpaired) electrons. The van der Waals surface area contributed by atoms with Gasteiger partial charge in [0.25, 0.3) is 5.91 Å². The SMILES string of the molecule is COCCOC1C(n2cnc3c(NC(=O)c4ccccc4)ncnc32)OC(COC(c2ccccc2)(c2ccc(OC)cc2)c2ccc(OC)cc2)C1P(=O)(CC(=O)OC(C)(C)CC#N)N(C(C)C)C(C)C. The Hall–Kier alpha value is -6.51. The first kappa shape index (κ1) is 53.3. The zero-order valence-corrected chi connectivity index (χ0v) is 43.2. The normalized spacial score (nSPS) is 18.0. The Morgan fingerprint density at radius 3 is 1.96 bits per heavy atom. The highest BCUT2D eigenvalue weighted by atomic mass is 31.2. The van der Waals surface area contributed by atoms with Gasteiger partial charge in [0.15, 0.2) is 30.5 Å². The number of amides is 1. The molecule has 2 aromatic heterocycles. The van der Waals surface area contributed by atoms with Gasteiger partial charge in [0.05, 0.1) is 64.6 Å². The summed E-state index contributed by atoms with van der Waals surface area (Å²) in [6.45, 7) is 11.0. The first-order chi connectivity index (χ1) is 34.6. The molecule has 0 spiro atoms. The summed E-state index contributed by atoms with van der Waals surface area (Å²) >= 11 is 0. The topological polar surface area (TPSA) is 198 Å². The minimum Gasteiger partial charge on any atom is -0.497 e. The lowest BCUT2D eigenvalue weighted by molar-refractivity contribution is -0.152. The quantitative estimate of drug-likeness (QED) is 0.0276. The fourth-order valence-corrected chi connectivity index (χ4v) is 13.7. The number of anilines is 1. The van der Waals surface area contributed by atoms with Crippen molar-refractivity contribution in [1.82, 2.24) is 24.2 Å². The lowest BCUT2D eigenvalue weighted by atomic mass is 9.80. The number of carbonyl (C=O) groups excluding carboxylic acids is 2. The molecule has 1 N–H and O–H groups in total. The van der Waals surface area contributed by atoms with E-state index < -0.39 is 60.6 Å². The van der Waals surface area contributed by atoms with E-state index in [9.17, 15) is 14.9 Å². The van der Waals surface area contributed by atoms with E-state index in [0.29, 0.717) is 17.1 Å². The molecule has 72 heavy (non-hydrogen) atoms. The van der Waals surface area contributed by atoms with E-state index in [2.05, 4.69) is 21.4 Å². The molecule has 6 aromatic rings. The fourth-order valence-electron chi connectivity index (χ4n) is 9.67. The van der Waals surface area contributed by atoms with Gasteiger partial charge in [-0.3, -0.25) is 14.2 Å². The van der Waals surface area contributed by atoms with Gasteiger partial charge in [-0.15, -0.1) is 0 Å². The molecule has 1 aliphatic heterocycles. The number of hydrogen-bond donors (Lipinski definition) is 1. The number of benzene rings is 4. The van der Waals surface area contributed by atoms with E-state index in [1.54, 1.807) is 64.0 Å². The van der Waals surface area contributed by atoms with Gasteiger partial charge in [0, 0.05) is 24.8 Å². The Balaban J connectivity index is 1.44. The maximum atomic E-state index is 17.1. The molecule has 7 rings (SSSR count). The van der Waals surface area contributed by atoms with E-state index >= 15 is 4.57 Å². The van der Waals surface area contributed by atoms with Crippen molar-refractivity contribution in [1.29, 1.82) is 5.26 Å². The minimum absolute atomic E-state index is 0.0414. The summed E-state index contributed by atoms with van der Waals surface area (Å²) in [6.07, 6.45) is -1.07. The summed E-state index contributed by atoms with van der Waals surface area (Å²) in [5.41, 5.74) is -0.385. The van der Waals surface area contributed by atoms with Crippen molar-refractivity contribution in [2.45, 2.75) is 95.3 Å². The van der Waals surface area contributed by atoms with E-state index in [0.717, 1.165) is 16.7 Å². The third-order valence-corrected chi connectivity index (χ3v) is 16.6. The molecule has 1 fully saturated rings. The predicted octanol–water partition coefficient (Wildman–Crippen LogP) is 9.03. The molecule has 1 amide bonds. The Labute approximate surface area is 421 Å². The summed E-state index contributed by atoms with van der Waals surface area (Å²) in [4.78, 5) is 41.7. The smallest absolute Gasteiger partial charge is 0.315 e. The molecular weight excluding hydrogens is 938 g/mol. The number of hydrogen-bond acceptors (Lipinski definition) is 14. The van der Waals surface area contributed by atoms with Crippen LogP contribution >= 0.6 is 7.29 Å². The van der Waals surface area contributed by atoms with Crippen LogP contribution in [-0.2, 0) is 38.6 Å². The van der Waals surface area contributed by atoms with Gasteiger partial charge in [-0.25, -0.2) is 19.6 Å². The molecule has 17 nitrogen and oxygen atoms in total. The molecule has 4 aromatic carbocycles. The summed E-state index contributed by atoms with van der Waals surface area (Å²) in [5, 5.41) is 12.5. The van der Waals surface area contributed by atoms with Crippen molar-refractivity contribution in [2.24, 2.45) is 0 Å². The number of imidazole rings is 1. The average molecular weight is 1000 g/mol. The Kier molecular flexibility index (Phi) is 17.3. The zero-order valence-electron chi connectivity index (χ0n) is 42.3. The van der Waals surface area contributed by atoms with Gasteiger partial charge >= 0.3 is 5.97 Å². The van der Waals surface area contributed by atoms with Crippen LogP contribution in [0.4, 0.5) is 5.82 Å². The Bertz CT molecular complexity index is 2780. The van der Waals surface area contributed by atoms with Crippen LogP contribution in [0.15, 0.2) is 122 Å². The van der Waals surface area contributed by atoms with Gasteiger partial charge in [-0.05, 0) is 94.6 Å². The van der Waals surface area contributed by atoms with Crippen LogP contribution in [0.3, 0.4) is 0 Å². The van der Waals surface area contributed by atoms with Gasteiger partial charge in [0.1, 0.15) is 41.3 Å². The molecule has 3 heterocycles. The minimum atomic E-state index is -4.14. The first-order valence-electron chi connectivity index (χ1n) is 23.9. The van der Waals surface area contributed by atoms with E-state index in [-0.39, 0.29) is 55.3 Å². The van der Waals surface area contributed by atoms with Crippen molar-refractivity contribution < 1.29 is 47.3 Å². The van der Waals surface area contributed by atoms with Crippen molar-refractivity contribution in [3.63, 3.8) is 0 Å². The third-order valence-electron chi connectivity index (χ3n) is 12.6. The summed E-state index contributed by atoms with van der Waals surface area (Å²) in [5.74, 6) is 0.286. The van der Waals surface area contributed by atoms with Gasteiger partial charge in [-0.2, -0.15) is 5.26 Å². The second-order valence-corrected chi connectivity index (χ2v) is 21.5. The summed E-state index contributed by atoms with van der Waals surface area (Å²) in [7, 11) is 0.614. The van der Waals surface area contributed by atoms with Crippen LogP contribution < -0.4 is 14.8 Å². The van der Waals surface area contributed by atoms with Crippen molar-refractivity contribution in [2.75, 3.05) is 52.6 Å². The summed E-state index contributed by atoms with van der Waals surface area (Å²) < 4.78 is 64.9. The molecule has 0 aliphatic carbocycles. The maximum Gasteiger partial charge on any atom is 0.315 e. The standard InChI is InChI=1S/C54H64N7O10P/c1-36(2)61(37(3)4)72(64,33-45(62)71-53(5,6)28-29-55)48-44(32-69-54(39-18-14-11-15-19-39,40-20-24-42(66-8)25-21-40)41-22-26-43(67-9)27-23-41)70-52(47(48)68-31-30-65-7)60-35-58-46-49(56-34-57-50(46)60)59-51(63)38-16-12-10-13-17-38/h10-27,34-37,44,47-48,52H,28,30-33H2,1-9H3,(H,56,57,59,63). The van der Waals surface area contributed by atoms with Crippen molar-refractivity contribution in [3.8, 4) is 17.6 Å². The molecule has 1 aliphatic rings. The molecular formula is C54H64N7O10P.